The van der Waals surface area contributed by atoms with Gasteiger partial charge in [0.05, 0.1) is 7.11 Å². The van der Waals surface area contributed by atoms with Crippen molar-refractivity contribution in [1.82, 2.24) is 0 Å². The Hall–Kier alpha value is -2.09. The standard InChI is InChI=1S/C18H20O2/c1-13-7-10-18(20-3)17(11-13)16-6-4-5-15(12-16)9-8-14(2)19/h4-7,10-12H,8-9H2,1-3H3. The Morgan fingerprint density at radius 3 is 2.65 bits per heavy atom. The van der Waals surface area contributed by atoms with Crippen molar-refractivity contribution in [3.8, 4) is 16.9 Å². The second-order valence-corrected chi connectivity index (χ2v) is 5.11. The van der Waals surface area contributed by atoms with Gasteiger partial charge >= 0.3 is 0 Å². The largest absolute Gasteiger partial charge is 0.496 e. The molecule has 2 rings (SSSR count). The van der Waals surface area contributed by atoms with Crippen molar-refractivity contribution in [2.24, 2.45) is 0 Å². The molecular weight excluding hydrogens is 248 g/mol. The Bertz CT molecular complexity index is 615. The van der Waals surface area contributed by atoms with Gasteiger partial charge < -0.3 is 9.53 Å². The summed E-state index contributed by atoms with van der Waals surface area (Å²) in [7, 11) is 1.69. The fourth-order valence-corrected chi connectivity index (χ4v) is 2.26. The zero-order valence-corrected chi connectivity index (χ0v) is 12.3. The highest BCUT2D eigenvalue weighted by atomic mass is 16.5. The number of hydrogen-bond acceptors (Lipinski definition) is 2. The average Bonchev–Trinajstić information content (AvgIpc) is 2.45. The summed E-state index contributed by atoms with van der Waals surface area (Å²) in [6.45, 7) is 3.70. The molecule has 0 atom stereocenters. The minimum atomic E-state index is 0.225. The number of aryl methyl sites for hydroxylation is 2. The van der Waals surface area contributed by atoms with Gasteiger partial charge in [-0.3, -0.25) is 0 Å². The first kappa shape index (κ1) is 14.3. The number of ketones is 1. The molecular formula is C18H20O2. The molecule has 0 amide bonds. The molecule has 0 bridgehead atoms. The summed E-state index contributed by atoms with van der Waals surface area (Å²) >= 11 is 0. The first-order chi connectivity index (χ1) is 9.60. The highest BCUT2D eigenvalue weighted by Gasteiger charge is 2.07. The Morgan fingerprint density at radius 2 is 1.95 bits per heavy atom. The Labute approximate surface area is 120 Å². The third kappa shape index (κ3) is 3.47. The van der Waals surface area contributed by atoms with Crippen molar-refractivity contribution in [1.29, 1.82) is 0 Å². The van der Waals surface area contributed by atoms with Crippen LogP contribution in [0.2, 0.25) is 0 Å². The van der Waals surface area contributed by atoms with E-state index in [0.717, 1.165) is 23.3 Å². The zero-order chi connectivity index (χ0) is 14.5. The third-order valence-corrected chi connectivity index (χ3v) is 3.36. The molecule has 0 heterocycles. The van der Waals surface area contributed by atoms with E-state index in [1.807, 2.05) is 18.2 Å². The number of hydrogen-bond donors (Lipinski definition) is 0. The molecule has 0 aliphatic carbocycles. The van der Waals surface area contributed by atoms with Gasteiger partial charge in [0.1, 0.15) is 11.5 Å². The van der Waals surface area contributed by atoms with E-state index in [1.165, 1.54) is 11.1 Å². The molecule has 2 nitrogen and oxygen atoms in total. The number of carbonyl (C=O) groups excluding carboxylic acids is 1. The molecule has 0 aliphatic rings. The van der Waals surface area contributed by atoms with E-state index < -0.39 is 0 Å². The number of rotatable bonds is 5. The lowest BCUT2D eigenvalue weighted by Crippen LogP contribution is -1.95. The van der Waals surface area contributed by atoms with Crippen LogP contribution in [0.15, 0.2) is 42.5 Å². The minimum absolute atomic E-state index is 0.225. The fraction of sp³-hybridized carbons (Fsp3) is 0.278. The van der Waals surface area contributed by atoms with Crippen LogP contribution in [-0.2, 0) is 11.2 Å². The second kappa shape index (κ2) is 6.38. The third-order valence-electron chi connectivity index (χ3n) is 3.36. The summed E-state index contributed by atoms with van der Waals surface area (Å²) < 4.78 is 5.44. The van der Waals surface area contributed by atoms with E-state index >= 15 is 0 Å². The molecule has 2 aromatic rings. The molecule has 104 valence electrons. The molecule has 0 saturated heterocycles. The first-order valence-electron chi connectivity index (χ1n) is 6.83. The number of methoxy groups -OCH3 is 1. The molecule has 0 unspecified atom stereocenters. The quantitative estimate of drug-likeness (QED) is 0.812. The van der Waals surface area contributed by atoms with Crippen LogP contribution in [0.3, 0.4) is 0 Å². The number of carbonyl (C=O) groups is 1. The van der Waals surface area contributed by atoms with E-state index in [0.29, 0.717) is 6.42 Å². The van der Waals surface area contributed by atoms with E-state index in [4.69, 9.17) is 4.74 Å². The summed E-state index contributed by atoms with van der Waals surface area (Å²) in [4.78, 5) is 11.1. The topological polar surface area (TPSA) is 26.3 Å². The lowest BCUT2D eigenvalue weighted by Gasteiger charge is -2.11. The van der Waals surface area contributed by atoms with Gasteiger partial charge in [-0.15, -0.1) is 0 Å². The Balaban J connectivity index is 2.35. The van der Waals surface area contributed by atoms with E-state index in [1.54, 1.807) is 14.0 Å². The van der Waals surface area contributed by atoms with Crippen LogP contribution in [0.4, 0.5) is 0 Å². The highest BCUT2D eigenvalue weighted by Crippen LogP contribution is 2.31. The van der Waals surface area contributed by atoms with Crippen LogP contribution in [0.1, 0.15) is 24.5 Å². The van der Waals surface area contributed by atoms with Gasteiger partial charge in [-0.2, -0.15) is 0 Å². The summed E-state index contributed by atoms with van der Waals surface area (Å²) in [5.74, 6) is 1.10. The summed E-state index contributed by atoms with van der Waals surface area (Å²) in [6, 6.07) is 14.5. The SMILES string of the molecule is COc1ccc(C)cc1-c1cccc(CCC(C)=O)c1. The molecule has 0 saturated carbocycles. The van der Waals surface area contributed by atoms with Crippen LogP contribution in [0, 0.1) is 6.92 Å². The van der Waals surface area contributed by atoms with Crippen molar-refractivity contribution >= 4 is 5.78 Å². The maximum Gasteiger partial charge on any atom is 0.130 e. The molecule has 0 aliphatic heterocycles. The van der Waals surface area contributed by atoms with Crippen LogP contribution >= 0.6 is 0 Å². The molecule has 0 radical (unpaired) electrons. The zero-order valence-electron chi connectivity index (χ0n) is 12.3. The van der Waals surface area contributed by atoms with Crippen LogP contribution in [-0.4, -0.2) is 12.9 Å². The molecule has 20 heavy (non-hydrogen) atoms. The van der Waals surface area contributed by atoms with Crippen molar-refractivity contribution in [3.63, 3.8) is 0 Å². The van der Waals surface area contributed by atoms with Crippen molar-refractivity contribution in [2.45, 2.75) is 26.7 Å². The molecule has 0 N–H and O–H groups in total. The van der Waals surface area contributed by atoms with Gasteiger partial charge in [0, 0.05) is 12.0 Å². The summed E-state index contributed by atoms with van der Waals surface area (Å²) in [5, 5.41) is 0. The van der Waals surface area contributed by atoms with Gasteiger partial charge in [0.15, 0.2) is 0 Å². The van der Waals surface area contributed by atoms with E-state index in [2.05, 4.69) is 31.2 Å². The van der Waals surface area contributed by atoms with E-state index in [-0.39, 0.29) is 5.78 Å². The smallest absolute Gasteiger partial charge is 0.130 e. The number of ether oxygens (including phenoxy) is 1. The van der Waals surface area contributed by atoms with Crippen LogP contribution in [0.25, 0.3) is 11.1 Å². The highest BCUT2D eigenvalue weighted by molar-refractivity contribution is 5.76. The van der Waals surface area contributed by atoms with Crippen molar-refractivity contribution < 1.29 is 9.53 Å². The number of Topliss-reactive ketones (excluding diaryl/α,β-unsaturated/α-hetero) is 1. The molecule has 0 spiro atoms. The molecule has 2 heteroatoms. The predicted octanol–water partition coefficient (Wildman–Crippen LogP) is 4.19. The van der Waals surface area contributed by atoms with Gasteiger partial charge in [-0.25, -0.2) is 0 Å². The van der Waals surface area contributed by atoms with Gasteiger partial charge in [0.2, 0.25) is 0 Å². The average molecular weight is 268 g/mol. The normalized spacial score (nSPS) is 10.3. The number of benzene rings is 2. The van der Waals surface area contributed by atoms with Crippen LogP contribution in [0.5, 0.6) is 5.75 Å². The van der Waals surface area contributed by atoms with Gasteiger partial charge in [0.25, 0.3) is 0 Å². The first-order valence-corrected chi connectivity index (χ1v) is 6.83. The van der Waals surface area contributed by atoms with Crippen molar-refractivity contribution in [2.75, 3.05) is 7.11 Å². The maximum absolute atomic E-state index is 11.1. The minimum Gasteiger partial charge on any atom is -0.496 e. The maximum atomic E-state index is 11.1. The monoisotopic (exact) mass is 268 g/mol. The molecule has 2 aromatic carbocycles. The predicted molar refractivity (Wildman–Crippen MR) is 82.2 cm³/mol. The summed E-state index contributed by atoms with van der Waals surface area (Å²) in [6.07, 6.45) is 1.38. The Morgan fingerprint density at radius 1 is 1.15 bits per heavy atom. The Kier molecular flexibility index (Phi) is 4.57. The molecule has 0 fully saturated rings. The second-order valence-electron chi connectivity index (χ2n) is 5.11. The van der Waals surface area contributed by atoms with E-state index in [9.17, 15) is 4.79 Å². The van der Waals surface area contributed by atoms with Gasteiger partial charge in [-0.05, 0) is 43.5 Å². The lowest BCUT2D eigenvalue weighted by molar-refractivity contribution is -0.116. The van der Waals surface area contributed by atoms with Crippen molar-refractivity contribution in [3.05, 3.63) is 53.6 Å². The van der Waals surface area contributed by atoms with Gasteiger partial charge in [-0.1, -0.05) is 35.9 Å². The fourth-order valence-electron chi connectivity index (χ4n) is 2.26. The molecule has 0 aromatic heterocycles. The lowest BCUT2D eigenvalue weighted by atomic mass is 9.98. The summed E-state index contributed by atoms with van der Waals surface area (Å²) in [5.41, 5.74) is 4.61. The van der Waals surface area contributed by atoms with Crippen LogP contribution < -0.4 is 4.74 Å².